The average Bonchev–Trinajstić information content (AvgIpc) is 2.93. The standard InChI is InChI=1S/C15H16N4O3S/c16-7-12-1-3-15(4-2-12)23(20,21)6-5-17-13-8-18-19(9-13)14-10-22-11-14/h1-4,8-9,14,17H,5-6,10-11H2. The van der Waals surface area contributed by atoms with Crippen LogP contribution in [0.25, 0.3) is 0 Å². The fourth-order valence-electron chi connectivity index (χ4n) is 2.19. The normalized spacial score (nSPS) is 14.9. The SMILES string of the molecule is N#Cc1ccc(S(=O)(=O)CCNc2cnn(C3COC3)c2)cc1. The molecule has 0 amide bonds. The lowest BCUT2D eigenvalue weighted by atomic mass is 10.2. The van der Waals surface area contributed by atoms with Crippen LogP contribution in [0.2, 0.25) is 0 Å². The maximum Gasteiger partial charge on any atom is 0.180 e. The molecule has 1 aromatic heterocycles. The Bertz CT molecular complexity index is 817. The number of benzene rings is 1. The number of hydrogen-bond acceptors (Lipinski definition) is 6. The topological polar surface area (TPSA) is 97.0 Å². The number of sulfone groups is 1. The predicted molar refractivity (Wildman–Crippen MR) is 83.8 cm³/mol. The highest BCUT2D eigenvalue weighted by molar-refractivity contribution is 7.91. The van der Waals surface area contributed by atoms with Crippen LogP contribution in [0.4, 0.5) is 5.69 Å². The van der Waals surface area contributed by atoms with Gasteiger partial charge in [-0.05, 0) is 24.3 Å². The third-order valence-electron chi connectivity index (χ3n) is 3.64. The summed E-state index contributed by atoms with van der Waals surface area (Å²) in [5.41, 5.74) is 1.22. The summed E-state index contributed by atoms with van der Waals surface area (Å²) in [6.07, 6.45) is 3.52. The molecule has 2 heterocycles. The zero-order valence-corrected chi connectivity index (χ0v) is 13.2. The summed E-state index contributed by atoms with van der Waals surface area (Å²) >= 11 is 0. The molecule has 7 nitrogen and oxygen atoms in total. The molecular weight excluding hydrogens is 316 g/mol. The van der Waals surface area contributed by atoms with E-state index in [0.29, 0.717) is 18.8 Å². The van der Waals surface area contributed by atoms with E-state index in [1.807, 2.05) is 16.9 Å². The predicted octanol–water partition coefficient (Wildman–Crippen LogP) is 1.21. The molecule has 0 radical (unpaired) electrons. The minimum absolute atomic E-state index is 0.0311. The zero-order chi connectivity index (χ0) is 16.3. The van der Waals surface area contributed by atoms with Crippen molar-refractivity contribution >= 4 is 15.5 Å². The first-order valence-electron chi connectivity index (χ1n) is 7.17. The fourth-order valence-corrected chi connectivity index (χ4v) is 3.35. The second-order valence-corrected chi connectivity index (χ2v) is 7.39. The first-order valence-corrected chi connectivity index (χ1v) is 8.82. The molecule has 0 unspecified atom stereocenters. The van der Waals surface area contributed by atoms with Crippen molar-refractivity contribution in [1.82, 2.24) is 9.78 Å². The molecule has 23 heavy (non-hydrogen) atoms. The van der Waals surface area contributed by atoms with E-state index in [2.05, 4.69) is 10.4 Å². The van der Waals surface area contributed by atoms with Gasteiger partial charge in [0.15, 0.2) is 9.84 Å². The molecule has 3 rings (SSSR count). The van der Waals surface area contributed by atoms with Crippen molar-refractivity contribution in [3.05, 3.63) is 42.2 Å². The zero-order valence-electron chi connectivity index (χ0n) is 12.3. The van der Waals surface area contributed by atoms with E-state index in [-0.39, 0.29) is 23.2 Å². The first-order chi connectivity index (χ1) is 11.1. The van der Waals surface area contributed by atoms with E-state index in [1.54, 1.807) is 6.20 Å². The van der Waals surface area contributed by atoms with Crippen LogP contribution in [-0.2, 0) is 14.6 Å². The van der Waals surface area contributed by atoms with E-state index in [9.17, 15) is 8.42 Å². The number of nitrogens with one attached hydrogen (secondary N) is 1. The van der Waals surface area contributed by atoms with Gasteiger partial charge in [-0.3, -0.25) is 4.68 Å². The van der Waals surface area contributed by atoms with Crippen molar-refractivity contribution in [3.63, 3.8) is 0 Å². The third kappa shape index (κ3) is 3.52. The average molecular weight is 332 g/mol. The van der Waals surface area contributed by atoms with Crippen molar-refractivity contribution in [1.29, 1.82) is 5.26 Å². The van der Waals surface area contributed by atoms with Crippen LogP contribution in [-0.4, -0.2) is 43.7 Å². The molecule has 120 valence electrons. The summed E-state index contributed by atoms with van der Waals surface area (Å²) < 4.78 is 31.4. The Labute approximate surface area is 134 Å². The van der Waals surface area contributed by atoms with Gasteiger partial charge in [0, 0.05) is 12.7 Å². The Hall–Kier alpha value is -2.37. The highest BCUT2D eigenvalue weighted by atomic mass is 32.2. The van der Waals surface area contributed by atoms with E-state index in [4.69, 9.17) is 10.00 Å². The number of hydrogen-bond donors (Lipinski definition) is 1. The second kappa shape index (κ2) is 6.40. The van der Waals surface area contributed by atoms with Gasteiger partial charge in [-0.1, -0.05) is 0 Å². The lowest BCUT2D eigenvalue weighted by Gasteiger charge is -2.25. The lowest BCUT2D eigenvalue weighted by Crippen LogP contribution is -2.30. The van der Waals surface area contributed by atoms with Gasteiger partial charge in [0.1, 0.15) is 0 Å². The minimum Gasteiger partial charge on any atom is -0.381 e. The molecule has 1 aromatic carbocycles. The lowest BCUT2D eigenvalue weighted by molar-refractivity contribution is -0.0286. The molecule has 0 spiro atoms. The molecule has 2 aromatic rings. The van der Waals surface area contributed by atoms with Gasteiger partial charge >= 0.3 is 0 Å². The summed E-state index contributed by atoms with van der Waals surface area (Å²) in [6, 6.07) is 8.17. The van der Waals surface area contributed by atoms with Crippen molar-refractivity contribution in [3.8, 4) is 6.07 Å². The molecule has 8 heteroatoms. The molecule has 1 aliphatic heterocycles. The maximum absolute atomic E-state index is 12.2. The van der Waals surface area contributed by atoms with Crippen LogP contribution >= 0.6 is 0 Å². The Balaban J connectivity index is 1.56. The summed E-state index contributed by atoms with van der Waals surface area (Å²) in [7, 11) is -3.38. The summed E-state index contributed by atoms with van der Waals surface area (Å²) in [5, 5.41) is 16.0. The van der Waals surface area contributed by atoms with Gasteiger partial charge in [0.2, 0.25) is 0 Å². The minimum atomic E-state index is -3.38. The van der Waals surface area contributed by atoms with Gasteiger partial charge in [0.05, 0.1) is 53.4 Å². The molecule has 1 N–H and O–H groups in total. The maximum atomic E-state index is 12.2. The second-order valence-electron chi connectivity index (χ2n) is 5.28. The van der Waals surface area contributed by atoms with Gasteiger partial charge in [0.25, 0.3) is 0 Å². The van der Waals surface area contributed by atoms with Gasteiger partial charge in [-0.15, -0.1) is 0 Å². The summed E-state index contributed by atoms with van der Waals surface area (Å²) in [4.78, 5) is 0.223. The summed E-state index contributed by atoms with van der Waals surface area (Å²) in [6.45, 7) is 1.61. The number of aromatic nitrogens is 2. The van der Waals surface area contributed by atoms with Crippen LogP contribution < -0.4 is 5.32 Å². The molecule has 1 fully saturated rings. The highest BCUT2D eigenvalue weighted by Crippen LogP contribution is 2.18. The van der Waals surface area contributed by atoms with Gasteiger partial charge < -0.3 is 10.1 Å². The van der Waals surface area contributed by atoms with Crippen molar-refractivity contribution in [2.45, 2.75) is 10.9 Å². The fraction of sp³-hybridized carbons (Fsp3) is 0.333. The van der Waals surface area contributed by atoms with Gasteiger partial charge in [-0.2, -0.15) is 10.4 Å². The Morgan fingerprint density at radius 3 is 2.70 bits per heavy atom. The quantitative estimate of drug-likeness (QED) is 0.854. The molecule has 0 aliphatic carbocycles. The number of nitriles is 1. The molecule has 0 saturated carbocycles. The monoisotopic (exact) mass is 332 g/mol. The van der Waals surface area contributed by atoms with Crippen molar-refractivity contribution < 1.29 is 13.2 Å². The Morgan fingerprint density at radius 1 is 1.35 bits per heavy atom. The van der Waals surface area contributed by atoms with Crippen LogP contribution in [0.3, 0.4) is 0 Å². The molecule has 0 bridgehead atoms. The van der Waals surface area contributed by atoms with E-state index >= 15 is 0 Å². The molecule has 0 atom stereocenters. The third-order valence-corrected chi connectivity index (χ3v) is 5.37. The van der Waals surface area contributed by atoms with Gasteiger partial charge in [-0.25, -0.2) is 8.42 Å². The van der Waals surface area contributed by atoms with Crippen molar-refractivity contribution in [2.24, 2.45) is 0 Å². The van der Waals surface area contributed by atoms with Crippen molar-refractivity contribution in [2.75, 3.05) is 30.8 Å². The van der Waals surface area contributed by atoms with Crippen LogP contribution in [0.5, 0.6) is 0 Å². The van der Waals surface area contributed by atoms with Crippen LogP contribution in [0.1, 0.15) is 11.6 Å². The molecular formula is C15H16N4O3S. The first kappa shape index (κ1) is 15.5. The number of anilines is 1. The highest BCUT2D eigenvalue weighted by Gasteiger charge is 2.21. The van der Waals surface area contributed by atoms with E-state index in [1.165, 1.54) is 24.3 Å². The Kier molecular flexibility index (Phi) is 4.32. The smallest absolute Gasteiger partial charge is 0.180 e. The largest absolute Gasteiger partial charge is 0.381 e. The molecule has 1 saturated heterocycles. The Morgan fingerprint density at radius 2 is 2.09 bits per heavy atom. The van der Waals surface area contributed by atoms with E-state index < -0.39 is 9.84 Å². The van der Waals surface area contributed by atoms with E-state index in [0.717, 1.165) is 5.69 Å². The number of nitrogens with zero attached hydrogens (tertiary/aromatic N) is 3. The number of ether oxygens (including phenoxy) is 1. The number of rotatable bonds is 6. The molecule has 1 aliphatic rings. The van der Waals surface area contributed by atoms with Crippen LogP contribution in [0.15, 0.2) is 41.6 Å². The van der Waals surface area contributed by atoms with Crippen LogP contribution in [0, 0.1) is 11.3 Å². The summed E-state index contributed by atoms with van der Waals surface area (Å²) in [5.74, 6) is -0.0311.